The molecule has 0 saturated carbocycles. The van der Waals surface area contributed by atoms with E-state index in [0.29, 0.717) is 16.9 Å². The van der Waals surface area contributed by atoms with Crippen molar-refractivity contribution in [3.63, 3.8) is 0 Å². The molecule has 6 nitrogen and oxygen atoms in total. The number of hydrogen-bond donors (Lipinski definition) is 4. The zero-order valence-corrected chi connectivity index (χ0v) is 11.4. The molecule has 0 aliphatic rings. The Bertz CT molecular complexity index is 729. The van der Waals surface area contributed by atoms with Crippen LogP contribution in [0.4, 0.5) is 11.4 Å². The number of sulfonamides is 1. The Kier molecular flexibility index (Phi) is 3.82. The molecule has 0 heterocycles. The first-order valence-corrected chi connectivity index (χ1v) is 7.35. The van der Waals surface area contributed by atoms with Crippen LogP contribution in [-0.2, 0) is 16.6 Å². The highest BCUT2D eigenvalue weighted by Crippen LogP contribution is 2.23. The molecule has 7 heteroatoms. The molecule has 0 aliphatic heterocycles. The maximum atomic E-state index is 11.5. The Labute approximate surface area is 117 Å². The zero-order valence-electron chi connectivity index (χ0n) is 10.6. The average molecular weight is 293 g/mol. The lowest BCUT2D eigenvalue weighted by atomic mass is 10.1. The van der Waals surface area contributed by atoms with Gasteiger partial charge in [-0.3, -0.25) is 0 Å². The number of rotatable bonds is 4. The second kappa shape index (κ2) is 5.40. The molecule has 2 rings (SSSR count). The molecule has 0 fully saturated rings. The number of phenols is 1. The Balaban J connectivity index is 2.26. The van der Waals surface area contributed by atoms with Crippen molar-refractivity contribution in [2.75, 3.05) is 11.1 Å². The lowest BCUT2D eigenvalue weighted by Gasteiger charge is -2.11. The molecule has 6 N–H and O–H groups in total. The summed E-state index contributed by atoms with van der Waals surface area (Å²) < 4.78 is 22.9. The number of nitrogens with two attached hydrogens (primary N) is 2. The smallest absolute Gasteiger partial charge is 0.240 e. The molecule has 0 amide bonds. The normalized spacial score (nSPS) is 11.2. The molecule has 0 saturated heterocycles. The first-order valence-electron chi connectivity index (χ1n) is 5.81. The van der Waals surface area contributed by atoms with E-state index in [9.17, 15) is 13.5 Å². The predicted octanol–water partition coefficient (Wildman–Crippen LogP) is 1.23. The topological polar surface area (TPSA) is 118 Å². The van der Waals surface area contributed by atoms with E-state index >= 15 is 0 Å². The van der Waals surface area contributed by atoms with Crippen LogP contribution in [0.25, 0.3) is 0 Å². The first-order chi connectivity index (χ1) is 9.38. The minimum atomic E-state index is -3.81. The van der Waals surface area contributed by atoms with Gasteiger partial charge >= 0.3 is 0 Å². The van der Waals surface area contributed by atoms with Crippen molar-refractivity contribution in [2.45, 2.75) is 11.4 Å². The highest BCUT2D eigenvalue weighted by Gasteiger charge is 2.13. The maximum absolute atomic E-state index is 11.5. The van der Waals surface area contributed by atoms with E-state index in [-0.39, 0.29) is 17.2 Å². The standard InChI is InChI=1S/C13H15N3O3S/c14-10-5-6-12(17)9(7-10)8-16-11-3-1-2-4-13(11)20(15,18)19/h1-7,16-17H,8,14H2,(H2,15,18,19). The van der Waals surface area contributed by atoms with Crippen molar-refractivity contribution >= 4 is 21.4 Å². The molecule has 106 valence electrons. The molecule has 0 atom stereocenters. The number of nitrogen functional groups attached to an aromatic ring is 1. The van der Waals surface area contributed by atoms with Gasteiger partial charge in [-0.25, -0.2) is 13.6 Å². The van der Waals surface area contributed by atoms with E-state index in [1.54, 1.807) is 30.3 Å². The van der Waals surface area contributed by atoms with Crippen molar-refractivity contribution < 1.29 is 13.5 Å². The number of nitrogens with one attached hydrogen (secondary N) is 1. The largest absolute Gasteiger partial charge is 0.508 e. The fourth-order valence-corrected chi connectivity index (χ4v) is 2.51. The summed E-state index contributed by atoms with van der Waals surface area (Å²) in [7, 11) is -3.81. The van der Waals surface area contributed by atoms with Crippen LogP contribution in [0.2, 0.25) is 0 Å². The molecule has 0 spiro atoms. The van der Waals surface area contributed by atoms with E-state index in [1.165, 1.54) is 12.1 Å². The minimum absolute atomic E-state index is 0.00314. The summed E-state index contributed by atoms with van der Waals surface area (Å²) in [5.74, 6) is 0.0831. The van der Waals surface area contributed by atoms with Gasteiger partial charge in [-0.05, 0) is 30.3 Å². The van der Waals surface area contributed by atoms with Crippen LogP contribution >= 0.6 is 0 Å². The van der Waals surface area contributed by atoms with Gasteiger partial charge in [-0.1, -0.05) is 12.1 Å². The van der Waals surface area contributed by atoms with Gasteiger partial charge in [0.1, 0.15) is 10.6 Å². The predicted molar refractivity (Wildman–Crippen MR) is 77.7 cm³/mol. The van der Waals surface area contributed by atoms with Crippen molar-refractivity contribution in [1.82, 2.24) is 0 Å². The molecular weight excluding hydrogens is 278 g/mol. The summed E-state index contributed by atoms with van der Waals surface area (Å²) in [6.45, 7) is 0.226. The summed E-state index contributed by atoms with van der Waals surface area (Å²) in [6.07, 6.45) is 0. The molecular formula is C13H15N3O3S. The summed E-state index contributed by atoms with van der Waals surface area (Å²) >= 11 is 0. The lowest BCUT2D eigenvalue weighted by molar-refractivity contribution is 0.469. The fourth-order valence-electron chi connectivity index (χ4n) is 1.80. The number of aromatic hydroxyl groups is 1. The van der Waals surface area contributed by atoms with Crippen molar-refractivity contribution in [3.8, 4) is 5.75 Å². The molecule has 20 heavy (non-hydrogen) atoms. The third kappa shape index (κ3) is 3.19. The molecule has 2 aromatic rings. The van der Waals surface area contributed by atoms with Crippen LogP contribution in [0.1, 0.15) is 5.56 Å². The third-order valence-corrected chi connectivity index (χ3v) is 3.74. The quantitative estimate of drug-likeness (QED) is 0.499. The van der Waals surface area contributed by atoms with Crippen LogP contribution in [0, 0.1) is 0 Å². The monoisotopic (exact) mass is 293 g/mol. The average Bonchev–Trinajstić information content (AvgIpc) is 2.39. The van der Waals surface area contributed by atoms with Crippen LogP contribution in [0.5, 0.6) is 5.75 Å². The maximum Gasteiger partial charge on any atom is 0.240 e. The van der Waals surface area contributed by atoms with E-state index in [0.717, 1.165) is 0 Å². The Morgan fingerprint density at radius 2 is 1.85 bits per heavy atom. The molecule has 0 unspecified atom stereocenters. The molecule has 0 bridgehead atoms. The van der Waals surface area contributed by atoms with Gasteiger partial charge in [0.15, 0.2) is 0 Å². The van der Waals surface area contributed by atoms with E-state index < -0.39 is 10.0 Å². The first kappa shape index (κ1) is 14.2. The van der Waals surface area contributed by atoms with Gasteiger partial charge in [0.05, 0.1) is 5.69 Å². The number of para-hydroxylation sites is 1. The van der Waals surface area contributed by atoms with Crippen LogP contribution < -0.4 is 16.2 Å². The summed E-state index contributed by atoms with van der Waals surface area (Å²) in [5.41, 5.74) is 7.09. The molecule has 2 aromatic carbocycles. The molecule has 0 aromatic heterocycles. The lowest BCUT2D eigenvalue weighted by Crippen LogP contribution is -2.15. The Hall–Kier alpha value is -2.25. The summed E-state index contributed by atoms with van der Waals surface area (Å²) in [6, 6.07) is 11.0. The highest BCUT2D eigenvalue weighted by molar-refractivity contribution is 7.89. The van der Waals surface area contributed by atoms with Crippen molar-refractivity contribution in [1.29, 1.82) is 0 Å². The van der Waals surface area contributed by atoms with Gasteiger partial charge < -0.3 is 16.2 Å². The summed E-state index contributed by atoms with van der Waals surface area (Å²) in [5, 5.41) is 17.8. The van der Waals surface area contributed by atoms with E-state index in [1.807, 2.05) is 0 Å². The van der Waals surface area contributed by atoms with E-state index in [2.05, 4.69) is 5.32 Å². The molecule has 0 radical (unpaired) electrons. The van der Waals surface area contributed by atoms with Gasteiger partial charge in [0.25, 0.3) is 0 Å². The van der Waals surface area contributed by atoms with Gasteiger partial charge in [-0.15, -0.1) is 0 Å². The van der Waals surface area contributed by atoms with Gasteiger partial charge in [-0.2, -0.15) is 0 Å². The number of primary sulfonamides is 1. The Morgan fingerprint density at radius 1 is 1.15 bits per heavy atom. The second-order valence-corrected chi connectivity index (χ2v) is 5.81. The third-order valence-electron chi connectivity index (χ3n) is 2.77. The van der Waals surface area contributed by atoms with Crippen LogP contribution in [0.15, 0.2) is 47.4 Å². The van der Waals surface area contributed by atoms with Gasteiger partial charge in [0, 0.05) is 17.8 Å². The summed E-state index contributed by atoms with van der Waals surface area (Å²) in [4.78, 5) is 0.00314. The zero-order chi connectivity index (χ0) is 14.8. The minimum Gasteiger partial charge on any atom is -0.508 e. The van der Waals surface area contributed by atoms with Crippen molar-refractivity contribution in [3.05, 3.63) is 48.0 Å². The van der Waals surface area contributed by atoms with Gasteiger partial charge in [0.2, 0.25) is 10.0 Å². The van der Waals surface area contributed by atoms with Crippen molar-refractivity contribution in [2.24, 2.45) is 5.14 Å². The SMILES string of the molecule is Nc1ccc(O)c(CNc2ccccc2S(N)(=O)=O)c1. The number of phenolic OH excluding ortho intramolecular Hbond substituents is 1. The number of anilines is 2. The second-order valence-electron chi connectivity index (χ2n) is 4.28. The van der Waals surface area contributed by atoms with Crippen LogP contribution in [0.3, 0.4) is 0 Å². The Morgan fingerprint density at radius 3 is 2.55 bits per heavy atom. The molecule has 0 aliphatic carbocycles. The highest BCUT2D eigenvalue weighted by atomic mass is 32.2. The van der Waals surface area contributed by atoms with Crippen LogP contribution in [-0.4, -0.2) is 13.5 Å². The number of benzene rings is 2. The van der Waals surface area contributed by atoms with E-state index in [4.69, 9.17) is 10.9 Å². The fraction of sp³-hybridized carbons (Fsp3) is 0.0769. The number of hydrogen-bond acceptors (Lipinski definition) is 5.